The molecule has 0 aromatic heterocycles. The van der Waals surface area contributed by atoms with Crippen LogP contribution in [-0.4, -0.2) is 36.3 Å². The Labute approximate surface area is 55.6 Å². The summed E-state index contributed by atoms with van der Waals surface area (Å²) < 4.78 is 0. The van der Waals surface area contributed by atoms with Crippen LogP contribution in [0.5, 0.6) is 0 Å². The molecule has 2 heterocycles. The second-order valence-corrected chi connectivity index (χ2v) is 3.05. The van der Waals surface area contributed by atoms with E-state index in [0.29, 0.717) is 0 Å². The third-order valence-corrected chi connectivity index (χ3v) is 2.31. The third kappa shape index (κ3) is 0.764. The molecule has 0 radical (unpaired) electrons. The Hall–Kier alpha value is -0.120. The van der Waals surface area contributed by atoms with Crippen molar-refractivity contribution in [3.8, 4) is 0 Å². The normalized spacial score (nSPS) is 50.7. The van der Waals surface area contributed by atoms with Crippen molar-refractivity contribution in [2.24, 2.45) is 5.92 Å². The summed E-state index contributed by atoms with van der Waals surface area (Å²) in [6.07, 6.45) is 0. The van der Waals surface area contributed by atoms with E-state index in [1.807, 2.05) is 0 Å². The van der Waals surface area contributed by atoms with E-state index in [0.717, 1.165) is 18.5 Å². The maximum atomic E-state index is 3.28. The predicted molar refractivity (Wildman–Crippen MR) is 35.4 cm³/mol. The second-order valence-electron chi connectivity index (χ2n) is 3.05. The first kappa shape index (κ1) is 5.65. The number of hydrogen-bond donors (Lipinski definition) is 1. The highest BCUT2D eigenvalue weighted by Crippen LogP contribution is 2.28. The van der Waals surface area contributed by atoms with Crippen molar-refractivity contribution in [1.29, 1.82) is 0 Å². The zero-order valence-electron chi connectivity index (χ0n) is 5.96. The molecular weight excluding hydrogens is 114 g/mol. The van der Waals surface area contributed by atoms with Gasteiger partial charge in [-0.2, -0.15) is 5.12 Å². The predicted octanol–water partition coefficient (Wildman–Crippen LogP) is -0.328. The average Bonchev–Trinajstić information content (AvgIpc) is 2.57. The number of hydrogen-bond acceptors (Lipinski definition) is 3. The molecule has 1 N–H and O–H groups in total. The van der Waals surface area contributed by atoms with Gasteiger partial charge in [0, 0.05) is 26.2 Å². The van der Waals surface area contributed by atoms with Crippen molar-refractivity contribution in [3.05, 3.63) is 0 Å². The van der Waals surface area contributed by atoms with E-state index >= 15 is 0 Å². The molecule has 3 atom stereocenters. The molecule has 0 bridgehead atoms. The van der Waals surface area contributed by atoms with Crippen LogP contribution in [0.2, 0.25) is 0 Å². The Morgan fingerprint density at radius 3 is 3.00 bits per heavy atom. The first-order valence-corrected chi connectivity index (χ1v) is 3.53. The average molecular weight is 127 g/mol. The number of hydrazine groups is 2. The van der Waals surface area contributed by atoms with Crippen LogP contribution >= 0.6 is 0 Å². The first-order valence-electron chi connectivity index (χ1n) is 3.53. The standard InChI is InChI=1S/C6H13N3/c1-5-3-7-8(2)9-4-6(5)9/h5-7H,3-4H2,1-2H3/t5-,6+,9?/m0/s1. The van der Waals surface area contributed by atoms with Gasteiger partial charge in [0.05, 0.1) is 0 Å². The lowest BCUT2D eigenvalue weighted by atomic mass is 10.1. The van der Waals surface area contributed by atoms with E-state index in [1.165, 1.54) is 6.54 Å². The molecule has 0 saturated carbocycles. The van der Waals surface area contributed by atoms with Crippen LogP contribution in [0, 0.1) is 5.92 Å². The minimum atomic E-state index is 0.834. The summed E-state index contributed by atoms with van der Waals surface area (Å²) in [7, 11) is 2.08. The summed E-state index contributed by atoms with van der Waals surface area (Å²) >= 11 is 0. The molecule has 0 aromatic rings. The number of nitrogens with one attached hydrogen (secondary N) is 1. The van der Waals surface area contributed by atoms with Gasteiger partial charge in [-0.15, -0.1) is 0 Å². The molecule has 0 aliphatic carbocycles. The lowest BCUT2D eigenvalue weighted by Crippen LogP contribution is -2.47. The molecule has 2 rings (SSSR count). The molecular formula is C6H13N3. The summed E-state index contributed by atoms with van der Waals surface area (Å²) in [5.74, 6) is 0.834. The van der Waals surface area contributed by atoms with Gasteiger partial charge in [0.15, 0.2) is 0 Å². The molecule has 3 nitrogen and oxygen atoms in total. The lowest BCUT2D eigenvalue weighted by Gasteiger charge is -2.28. The molecule has 3 heteroatoms. The molecule has 1 unspecified atom stereocenters. The van der Waals surface area contributed by atoms with Crippen molar-refractivity contribution in [2.45, 2.75) is 13.0 Å². The molecule has 0 amide bonds. The van der Waals surface area contributed by atoms with E-state index in [1.54, 1.807) is 0 Å². The maximum Gasteiger partial charge on any atom is 0.0440 e. The van der Waals surface area contributed by atoms with Gasteiger partial charge >= 0.3 is 0 Å². The Morgan fingerprint density at radius 1 is 1.56 bits per heavy atom. The molecule has 2 saturated heterocycles. The van der Waals surface area contributed by atoms with Gasteiger partial charge in [-0.1, -0.05) is 6.92 Å². The van der Waals surface area contributed by atoms with Crippen LogP contribution in [0.25, 0.3) is 0 Å². The maximum absolute atomic E-state index is 3.28. The van der Waals surface area contributed by atoms with E-state index < -0.39 is 0 Å². The van der Waals surface area contributed by atoms with Crippen LogP contribution in [0.1, 0.15) is 6.92 Å². The van der Waals surface area contributed by atoms with E-state index in [4.69, 9.17) is 0 Å². The van der Waals surface area contributed by atoms with Crippen molar-refractivity contribution in [2.75, 3.05) is 20.1 Å². The van der Waals surface area contributed by atoms with Crippen LogP contribution in [0.4, 0.5) is 0 Å². The summed E-state index contributed by atoms with van der Waals surface area (Å²) in [5.41, 5.74) is 3.28. The molecule has 2 aliphatic rings. The van der Waals surface area contributed by atoms with Gasteiger partial charge in [0.2, 0.25) is 0 Å². The third-order valence-electron chi connectivity index (χ3n) is 2.31. The fraction of sp³-hybridized carbons (Fsp3) is 1.00. The van der Waals surface area contributed by atoms with E-state index in [9.17, 15) is 0 Å². The fourth-order valence-corrected chi connectivity index (χ4v) is 1.47. The minimum Gasteiger partial charge on any atom is -0.241 e. The molecule has 0 aromatic carbocycles. The van der Waals surface area contributed by atoms with Gasteiger partial charge in [0.25, 0.3) is 0 Å². The van der Waals surface area contributed by atoms with Crippen molar-refractivity contribution in [1.82, 2.24) is 15.6 Å². The summed E-state index contributed by atoms with van der Waals surface area (Å²) in [6.45, 7) is 4.69. The summed E-state index contributed by atoms with van der Waals surface area (Å²) in [6, 6.07) is 0.844. The van der Waals surface area contributed by atoms with Gasteiger partial charge in [-0.3, -0.25) is 0 Å². The van der Waals surface area contributed by atoms with Crippen LogP contribution < -0.4 is 5.43 Å². The highest BCUT2D eigenvalue weighted by molar-refractivity contribution is 4.93. The van der Waals surface area contributed by atoms with Crippen molar-refractivity contribution < 1.29 is 0 Å². The first-order chi connectivity index (χ1) is 4.29. The summed E-state index contributed by atoms with van der Waals surface area (Å²) in [4.78, 5) is 0. The van der Waals surface area contributed by atoms with Crippen molar-refractivity contribution >= 4 is 0 Å². The Balaban J connectivity index is 2.01. The summed E-state index contributed by atoms with van der Waals surface area (Å²) in [5, 5.41) is 4.44. The second kappa shape index (κ2) is 1.68. The zero-order chi connectivity index (χ0) is 6.43. The largest absolute Gasteiger partial charge is 0.241 e. The van der Waals surface area contributed by atoms with Crippen molar-refractivity contribution in [3.63, 3.8) is 0 Å². The van der Waals surface area contributed by atoms with E-state index in [-0.39, 0.29) is 0 Å². The van der Waals surface area contributed by atoms with Gasteiger partial charge in [0.1, 0.15) is 0 Å². The molecule has 2 fully saturated rings. The SMILES string of the molecule is C[C@H]1CNN(C)N2C[C@H]12. The Bertz CT molecular complexity index is 111. The lowest BCUT2D eigenvalue weighted by molar-refractivity contribution is 0.00433. The van der Waals surface area contributed by atoms with Gasteiger partial charge in [-0.25, -0.2) is 10.4 Å². The number of rotatable bonds is 0. The number of fused-ring (bicyclic) bond motifs is 1. The monoisotopic (exact) mass is 127 g/mol. The van der Waals surface area contributed by atoms with Gasteiger partial charge in [-0.05, 0) is 5.92 Å². The Morgan fingerprint density at radius 2 is 2.33 bits per heavy atom. The molecule has 0 spiro atoms. The van der Waals surface area contributed by atoms with Gasteiger partial charge < -0.3 is 0 Å². The highest BCUT2D eigenvalue weighted by Gasteiger charge is 2.44. The van der Waals surface area contributed by atoms with Crippen LogP contribution in [0.15, 0.2) is 0 Å². The molecule has 2 aliphatic heterocycles. The van der Waals surface area contributed by atoms with Crippen LogP contribution in [0.3, 0.4) is 0 Å². The minimum absolute atomic E-state index is 0.834. The molecule has 52 valence electrons. The van der Waals surface area contributed by atoms with Crippen LogP contribution in [-0.2, 0) is 0 Å². The number of nitrogens with zero attached hydrogens (tertiary/aromatic N) is 2. The smallest absolute Gasteiger partial charge is 0.0440 e. The van der Waals surface area contributed by atoms with E-state index in [2.05, 4.69) is 29.5 Å². The zero-order valence-corrected chi connectivity index (χ0v) is 5.96. The quantitative estimate of drug-likeness (QED) is 0.449. The fourth-order valence-electron chi connectivity index (χ4n) is 1.47. The highest BCUT2D eigenvalue weighted by atomic mass is 15.9. The topological polar surface area (TPSA) is 18.3 Å². The molecule has 9 heavy (non-hydrogen) atoms. The Kier molecular flexibility index (Phi) is 1.06.